The van der Waals surface area contributed by atoms with Crippen molar-refractivity contribution in [2.24, 2.45) is 17.6 Å². The van der Waals surface area contributed by atoms with Crippen LogP contribution in [0.5, 0.6) is 0 Å². The molecule has 3 atom stereocenters. The van der Waals surface area contributed by atoms with Crippen LogP contribution >= 0.6 is 0 Å². The molecule has 2 fully saturated rings. The van der Waals surface area contributed by atoms with E-state index < -0.39 is 0 Å². The summed E-state index contributed by atoms with van der Waals surface area (Å²) in [7, 11) is 0. The molecular formula is C14H17NO. The fourth-order valence-electron chi connectivity index (χ4n) is 3.55. The first-order valence-corrected chi connectivity index (χ1v) is 6.14. The summed E-state index contributed by atoms with van der Waals surface area (Å²) in [6.45, 7) is 0. The van der Waals surface area contributed by atoms with Crippen molar-refractivity contribution in [1.29, 1.82) is 0 Å². The van der Waals surface area contributed by atoms with Gasteiger partial charge in [0.15, 0.2) is 0 Å². The van der Waals surface area contributed by atoms with Crippen molar-refractivity contribution < 1.29 is 4.79 Å². The van der Waals surface area contributed by atoms with Gasteiger partial charge >= 0.3 is 0 Å². The molecule has 2 aliphatic carbocycles. The normalized spacial score (nSPS) is 31.9. The first-order chi connectivity index (χ1) is 7.74. The van der Waals surface area contributed by atoms with Gasteiger partial charge in [0.2, 0.25) is 5.91 Å². The average Bonchev–Trinajstić information content (AvgIpc) is 2.91. The van der Waals surface area contributed by atoms with E-state index in [0.717, 1.165) is 17.8 Å². The van der Waals surface area contributed by atoms with Crippen LogP contribution < -0.4 is 5.73 Å². The number of hydrogen-bond acceptors (Lipinski definition) is 1. The summed E-state index contributed by atoms with van der Waals surface area (Å²) in [4.78, 5) is 11.0. The van der Waals surface area contributed by atoms with Crippen molar-refractivity contribution in [3.63, 3.8) is 0 Å². The number of nitrogens with two attached hydrogens (primary N) is 1. The van der Waals surface area contributed by atoms with E-state index in [0.29, 0.717) is 5.56 Å². The van der Waals surface area contributed by atoms with E-state index in [9.17, 15) is 4.79 Å². The van der Waals surface area contributed by atoms with Gasteiger partial charge in [-0.2, -0.15) is 0 Å². The van der Waals surface area contributed by atoms with Gasteiger partial charge in [0, 0.05) is 5.56 Å². The second kappa shape index (κ2) is 3.62. The van der Waals surface area contributed by atoms with Crippen LogP contribution in [0.2, 0.25) is 0 Å². The van der Waals surface area contributed by atoms with Crippen molar-refractivity contribution in [3.8, 4) is 0 Å². The maximum Gasteiger partial charge on any atom is 0.248 e. The van der Waals surface area contributed by atoms with Gasteiger partial charge in [-0.3, -0.25) is 4.79 Å². The Bertz CT molecular complexity index is 409. The highest BCUT2D eigenvalue weighted by Crippen LogP contribution is 2.52. The summed E-state index contributed by atoms with van der Waals surface area (Å²) in [5.41, 5.74) is 7.26. The third-order valence-electron chi connectivity index (χ3n) is 4.36. The zero-order valence-corrected chi connectivity index (χ0v) is 9.36. The minimum Gasteiger partial charge on any atom is -0.366 e. The van der Waals surface area contributed by atoms with Gasteiger partial charge in [-0.25, -0.2) is 0 Å². The van der Waals surface area contributed by atoms with Crippen LogP contribution in [-0.4, -0.2) is 5.91 Å². The fourth-order valence-corrected chi connectivity index (χ4v) is 3.55. The van der Waals surface area contributed by atoms with Crippen LogP contribution in [0.1, 0.15) is 47.5 Å². The van der Waals surface area contributed by atoms with Crippen LogP contribution in [-0.2, 0) is 0 Å². The standard InChI is InChI=1S/C14H17NO/c15-14(16)11-5-3-10(4-6-11)13-8-9-1-2-12(13)7-9/h3-6,9,12-13H,1-2,7-8H2,(H2,15,16)/t9-,12-,13-/m0/s1. The number of primary amides is 1. The first kappa shape index (κ1) is 9.88. The molecule has 0 saturated heterocycles. The zero-order chi connectivity index (χ0) is 11.1. The summed E-state index contributed by atoms with van der Waals surface area (Å²) in [5.74, 6) is 2.26. The monoisotopic (exact) mass is 215 g/mol. The Kier molecular flexibility index (Phi) is 2.23. The van der Waals surface area contributed by atoms with Gasteiger partial charge in [0.25, 0.3) is 0 Å². The zero-order valence-electron chi connectivity index (χ0n) is 9.36. The van der Waals surface area contributed by atoms with Crippen LogP contribution in [0.15, 0.2) is 24.3 Å². The van der Waals surface area contributed by atoms with Crippen LogP contribution in [0.3, 0.4) is 0 Å². The lowest BCUT2D eigenvalue weighted by atomic mass is 9.83. The van der Waals surface area contributed by atoms with Crippen molar-refractivity contribution in [2.45, 2.75) is 31.6 Å². The number of fused-ring (bicyclic) bond motifs is 2. The Hall–Kier alpha value is -1.31. The van der Waals surface area contributed by atoms with Crippen molar-refractivity contribution in [2.75, 3.05) is 0 Å². The summed E-state index contributed by atoms with van der Waals surface area (Å²) >= 11 is 0. The number of amides is 1. The molecule has 2 nitrogen and oxygen atoms in total. The molecule has 1 aromatic rings. The first-order valence-electron chi connectivity index (χ1n) is 6.14. The number of carbonyl (C=O) groups excluding carboxylic acids is 1. The minimum absolute atomic E-state index is 0.334. The van der Waals surface area contributed by atoms with Gasteiger partial charge < -0.3 is 5.73 Å². The van der Waals surface area contributed by atoms with Gasteiger partial charge in [-0.1, -0.05) is 18.6 Å². The number of carbonyl (C=O) groups is 1. The minimum atomic E-state index is -0.334. The summed E-state index contributed by atoms with van der Waals surface area (Å²) in [5, 5.41) is 0. The Morgan fingerprint density at radius 2 is 1.88 bits per heavy atom. The van der Waals surface area contributed by atoms with Gasteiger partial charge in [0.1, 0.15) is 0 Å². The largest absolute Gasteiger partial charge is 0.366 e. The fraction of sp³-hybridized carbons (Fsp3) is 0.500. The molecule has 0 spiro atoms. The smallest absolute Gasteiger partial charge is 0.248 e. The second-order valence-electron chi connectivity index (χ2n) is 5.27. The lowest BCUT2D eigenvalue weighted by molar-refractivity contribution is 0.100. The molecule has 0 heterocycles. The molecule has 16 heavy (non-hydrogen) atoms. The summed E-state index contributed by atoms with van der Waals surface area (Å²) in [6.07, 6.45) is 5.59. The Morgan fingerprint density at radius 3 is 2.38 bits per heavy atom. The van der Waals surface area contributed by atoms with Crippen molar-refractivity contribution in [3.05, 3.63) is 35.4 Å². The number of benzene rings is 1. The molecule has 2 aliphatic rings. The molecule has 1 amide bonds. The molecule has 0 aromatic heterocycles. The molecule has 2 saturated carbocycles. The molecular weight excluding hydrogens is 198 g/mol. The Balaban J connectivity index is 1.82. The van der Waals surface area contributed by atoms with Crippen molar-refractivity contribution >= 4 is 5.91 Å². The summed E-state index contributed by atoms with van der Waals surface area (Å²) < 4.78 is 0. The topological polar surface area (TPSA) is 43.1 Å². The van der Waals surface area contributed by atoms with Crippen LogP contribution in [0.25, 0.3) is 0 Å². The highest BCUT2D eigenvalue weighted by Gasteiger charge is 2.39. The molecule has 0 unspecified atom stereocenters. The van der Waals surface area contributed by atoms with E-state index in [1.54, 1.807) is 0 Å². The van der Waals surface area contributed by atoms with Gasteiger partial charge in [-0.15, -0.1) is 0 Å². The highest BCUT2D eigenvalue weighted by molar-refractivity contribution is 5.92. The predicted molar refractivity (Wildman–Crippen MR) is 63.1 cm³/mol. The van der Waals surface area contributed by atoms with E-state index in [2.05, 4.69) is 12.1 Å². The number of hydrogen-bond donors (Lipinski definition) is 1. The third kappa shape index (κ3) is 1.53. The molecule has 2 bridgehead atoms. The molecule has 84 valence electrons. The van der Waals surface area contributed by atoms with E-state index in [1.807, 2.05) is 12.1 Å². The maximum absolute atomic E-state index is 11.0. The highest BCUT2D eigenvalue weighted by atomic mass is 16.1. The Morgan fingerprint density at radius 1 is 1.12 bits per heavy atom. The average molecular weight is 215 g/mol. The maximum atomic E-state index is 11.0. The lowest BCUT2D eigenvalue weighted by Crippen LogP contribution is -2.12. The molecule has 0 aliphatic heterocycles. The molecule has 1 aromatic carbocycles. The Labute approximate surface area is 95.8 Å². The van der Waals surface area contributed by atoms with Crippen LogP contribution in [0.4, 0.5) is 0 Å². The predicted octanol–water partition coefficient (Wildman–Crippen LogP) is 2.69. The summed E-state index contributed by atoms with van der Waals surface area (Å²) in [6, 6.07) is 7.91. The van der Waals surface area contributed by atoms with E-state index in [1.165, 1.54) is 31.2 Å². The quantitative estimate of drug-likeness (QED) is 0.809. The molecule has 2 heteroatoms. The number of rotatable bonds is 2. The molecule has 3 rings (SSSR count). The molecule has 0 radical (unpaired) electrons. The van der Waals surface area contributed by atoms with E-state index >= 15 is 0 Å². The third-order valence-corrected chi connectivity index (χ3v) is 4.36. The van der Waals surface area contributed by atoms with Crippen LogP contribution in [0, 0.1) is 11.8 Å². The van der Waals surface area contributed by atoms with Gasteiger partial charge in [-0.05, 0) is 54.7 Å². The lowest BCUT2D eigenvalue weighted by Gasteiger charge is -2.22. The van der Waals surface area contributed by atoms with E-state index in [-0.39, 0.29) is 5.91 Å². The second-order valence-corrected chi connectivity index (χ2v) is 5.27. The van der Waals surface area contributed by atoms with Gasteiger partial charge in [0.05, 0.1) is 0 Å². The molecule has 2 N–H and O–H groups in total. The van der Waals surface area contributed by atoms with E-state index in [4.69, 9.17) is 5.73 Å². The SMILES string of the molecule is NC(=O)c1ccc([C@@H]2C[C@H]3CC[C@H]2C3)cc1. The van der Waals surface area contributed by atoms with Crippen molar-refractivity contribution in [1.82, 2.24) is 0 Å².